The van der Waals surface area contributed by atoms with Gasteiger partial charge in [0.25, 0.3) is 0 Å². The molecule has 0 nitrogen and oxygen atoms in total. The average molecular weight is 224 g/mol. The van der Waals surface area contributed by atoms with Gasteiger partial charge in [0.05, 0.1) is 4.58 Å². The molecule has 0 unspecified atom stereocenters. The lowest BCUT2D eigenvalue weighted by molar-refractivity contribution is 0.912. The van der Waals surface area contributed by atoms with Crippen molar-refractivity contribution >= 4 is 23.5 Å². The summed E-state index contributed by atoms with van der Waals surface area (Å²) in [6.45, 7) is 0. The highest BCUT2D eigenvalue weighted by atomic mass is 32.2. The van der Waals surface area contributed by atoms with Gasteiger partial charge in [-0.2, -0.15) is 0 Å². The van der Waals surface area contributed by atoms with Crippen LogP contribution in [0.2, 0.25) is 0 Å². The van der Waals surface area contributed by atoms with Crippen molar-refractivity contribution in [3.05, 3.63) is 35.9 Å². The number of rotatable bonds is 2. The van der Waals surface area contributed by atoms with Gasteiger partial charge in [0.2, 0.25) is 0 Å². The monoisotopic (exact) mass is 224 g/mol. The third kappa shape index (κ3) is 3.25. The van der Waals surface area contributed by atoms with Gasteiger partial charge in [-0.1, -0.05) is 30.3 Å². The van der Waals surface area contributed by atoms with Gasteiger partial charge < -0.3 is 0 Å². The average Bonchev–Trinajstić information content (AvgIpc) is 2.48. The molecule has 14 heavy (non-hydrogen) atoms. The van der Waals surface area contributed by atoms with E-state index in [1.54, 1.807) is 0 Å². The van der Waals surface area contributed by atoms with E-state index in [-0.39, 0.29) is 0 Å². The molecule has 1 aliphatic rings. The van der Waals surface area contributed by atoms with Gasteiger partial charge in [-0.3, -0.25) is 0 Å². The van der Waals surface area contributed by atoms with Crippen LogP contribution in [0.5, 0.6) is 0 Å². The summed E-state index contributed by atoms with van der Waals surface area (Å²) in [5.74, 6) is 2.70. The van der Waals surface area contributed by atoms with Crippen LogP contribution in [0, 0.1) is 0 Å². The molecule has 1 heterocycles. The Balaban J connectivity index is 1.90. The van der Waals surface area contributed by atoms with E-state index in [0.717, 1.165) is 4.58 Å². The van der Waals surface area contributed by atoms with E-state index >= 15 is 0 Å². The first-order chi connectivity index (χ1) is 6.95. The minimum absolute atomic E-state index is 0.792. The fourth-order valence-electron chi connectivity index (χ4n) is 1.61. The second-order valence-electron chi connectivity index (χ2n) is 3.57. The molecule has 1 aliphatic heterocycles. The molecule has 0 radical (unpaired) electrons. The van der Waals surface area contributed by atoms with Crippen LogP contribution in [0.1, 0.15) is 18.4 Å². The molecule has 0 aliphatic carbocycles. The third-order valence-corrected chi connectivity index (χ3v) is 5.33. The number of hydrogen-bond acceptors (Lipinski definition) is 2. The molecule has 0 atom stereocenters. The Hall–Kier alpha value is -0.0800. The summed E-state index contributed by atoms with van der Waals surface area (Å²) < 4.78 is 0.792. The Labute approximate surface area is 94.9 Å². The van der Waals surface area contributed by atoms with E-state index < -0.39 is 0 Å². The van der Waals surface area contributed by atoms with Crippen molar-refractivity contribution in [3.8, 4) is 0 Å². The molecule has 2 heteroatoms. The molecule has 1 aromatic rings. The zero-order chi connectivity index (χ0) is 9.64. The number of hydrogen-bond donors (Lipinski definition) is 0. The van der Waals surface area contributed by atoms with Crippen LogP contribution in [-0.4, -0.2) is 16.1 Å². The summed E-state index contributed by atoms with van der Waals surface area (Å²) >= 11 is 4.28. The molecule has 0 aromatic heterocycles. The highest BCUT2D eigenvalue weighted by molar-refractivity contribution is 8.17. The van der Waals surface area contributed by atoms with Crippen LogP contribution >= 0.6 is 23.5 Å². The van der Waals surface area contributed by atoms with E-state index in [1.807, 2.05) is 0 Å². The predicted molar refractivity (Wildman–Crippen MR) is 68.1 cm³/mol. The van der Waals surface area contributed by atoms with Crippen LogP contribution in [0.25, 0.3) is 0 Å². The lowest BCUT2D eigenvalue weighted by atomic mass is 10.2. The van der Waals surface area contributed by atoms with Gasteiger partial charge in [-0.05, 0) is 36.3 Å². The molecule has 0 amide bonds. The first-order valence-corrected chi connectivity index (χ1v) is 7.32. The first-order valence-electron chi connectivity index (χ1n) is 5.22. The molecular formula is C12H16S2. The first kappa shape index (κ1) is 10.4. The van der Waals surface area contributed by atoms with Crippen LogP contribution in [-0.2, 0) is 6.42 Å². The van der Waals surface area contributed by atoms with Gasteiger partial charge in [0.15, 0.2) is 0 Å². The minimum Gasteiger partial charge on any atom is -0.147 e. The molecule has 0 spiro atoms. The summed E-state index contributed by atoms with van der Waals surface area (Å²) in [7, 11) is 0. The number of thioether (sulfide) groups is 2. The van der Waals surface area contributed by atoms with Crippen LogP contribution < -0.4 is 0 Å². The van der Waals surface area contributed by atoms with Crippen molar-refractivity contribution in [2.45, 2.75) is 23.8 Å². The zero-order valence-corrected chi connectivity index (χ0v) is 9.95. The van der Waals surface area contributed by atoms with Gasteiger partial charge in [-0.15, -0.1) is 23.5 Å². The van der Waals surface area contributed by atoms with Gasteiger partial charge in [0, 0.05) is 0 Å². The lowest BCUT2D eigenvalue weighted by Crippen LogP contribution is -2.01. The summed E-state index contributed by atoms with van der Waals surface area (Å²) in [4.78, 5) is 0. The molecule has 0 saturated carbocycles. The smallest absolute Gasteiger partial charge is 0.0542 e. The van der Waals surface area contributed by atoms with Crippen LogP contribution in [0.3, 0.4) is 0 Å². The Kier molecular flexibility index (Phi) is 4.26. The van der Waals surface area contributed by atoms with E-state index in [4.69, 9.17) is 0 Å². The zero-order valence-electron chi connectivity index (χ0n) is 8.32. The quantitative estimate of drug-likeness (QED) is 0.749. The van der Waals surface area contributed by atoms with Crippen molar-refractivity contribution in [3.63, 3.8) is 0 Å². The summed E-state index contributed by atoms with van der Waals surface area (Å²) in [6.07, 6.45) is 4.04. The molecular weight excluding hydrogens is 208 g/mol. The maximum atomic E-state index is 2.24. The van der Waals surface area contributed by atoms with E-state index in [0.29, 0.717) is 0 Å². The molecule has 2 rings (SSSR count). The SMILES string of the molecule is c1ccc(CC2SCCCCS2)cc1. The van der Waals surface area contributed by atoms with E-state index in [2.05, 4.69) is 53.9 Å². The Morgan fingerprint density at radius 2 is 1.64 bits per heavy atom. The minimum atomic E-state index is 0.792. The largest absolute Gasteiger partial charge is 0.147 e. The summed E-state index contributed by atoms with van der Waals surface area (Å²) in [5, 5.41) is 0. The molecule has 0 N–H and O–H groups in total. The second-order valence-corrected chi connectivity index (χ2v) is 6.49. The number of benzene rings is 1. The third-order valence-electron chi connectivity index (χ3n) is 2.39. The maximum Gasteiger partial charge on any atom is 0.0542 e. The fourth-order valence-corrected chi connectivity index (χ4v) is 4.46. The molecule has 1 saturated heterocycles. The van der Waals surface area contributed by atoms with E-state index in [1.165, 1.54) is 36.3 Å². The topological polar surface area (TPSA) is 0 Å². The molecule has 76 valence electrons. The standard InChI is InChI=1S/C12H16S2/c1-2-6-11(7-3-1)10-12-13-8-4-5-9-14-12/h1-3,6-7,12H,4-5,8-10H2. The van der Waals surface area contributed by atoms with Crippen molar-refractivity contribution in [2.75, 3.05) is 11.5 Å². The Morgan fingerprint density at radius 3 is 2.29 bits per heavy atom. The summed E-state index contributed by atoms with van der Waals surface area (Å²) in [5.41, 5.74) is 1.49. The Bertz CT molecular complexity index is 250. The lowest BCUT2D eigenvalue weighted by Gasteiger charge is -2.12. The van der Waals surface area contributed by atoms with E-state index in [9.17, 15) is 0 Å². The Morgan fingerprint density at radius 1 is 1.00 bits per heavy atom. The fraction of sp³-hybridized carbons (Fsp3) is 0.500. The second kappa shape index (κ2) is 5.72. The summed E-state index contributed by atoms with van der Waals surface area (Å²) in [6, 6.07) is 10.9. The van der Waals surface area contributed by atoms with Gasteiger partial charge >= 0.3 is 0 Å². The highest BCUT2D eigenvalue weighted by Gasteiger charge is 2.13. The van der Waals surface area contributed by atoms with Gasteiger partial charge in [-0.25, -0.2) is 0 Å². The molecule has 1 fully saturated rings. The van der Waals surface area contributed by atoms with Crippen molar-refractivity contribution in [1.82, 2.24) is 0 Å². The van der Waals surface area contributed by atoms with Crippen molar-refractivity contribution < 1.29 is 0 Å². The highest BCUT2D eigenvalue weighted by Crippen LogP contribution is 2.31. The predicted octanol–water partition coefficient (Wildman–Crippen LogP) is 3.82. The molecule has 0 bridgehead atoms. The maximum absolute atomic E-state index is 2.24. The normalized spacial score (nSPS) is 19.1. The molecule has 1 aromatic carbocycles. The van der Waals surface area contributed by atoms with Crippen LogP contribution in [0.4, 0.5) is 0 Å². The van der Waals surface area contributed by atoms with Crippen molar-refractivity contribution in [2.24, 2.45) is 0 Å². The van der Waals surface area contributed by atoms with Crippen molar-refractivity contribution in [1.29, 1.82) is 0 Å². The van der Waals surface area contributed by atoms with Crippen LogP contribution in [0.15, 0.2) is 30.3 Å². The van der Waals surface area contributed by atoms with Gasteiger partial charge in [0.1, 0.15) is 0 Å².